The molecule has 0 heterocycles. The van der Waals surface area contributed by atoms with E-state index in [4.69, 9.17) is 10.5 Å². The van der Waals surface area contributed by atoms with Gasteiger partial charge in [-0.1, -0.05) is 42.5 Å². The Hall–Kier alpha value is -3.09. The Bertz CT molecular complexity index is 786. The summed E-state index contributed by atoms with van der Waals surface area (Å²) in [5, 5.41) is 0. The molecule has 25 heavy (non-hydrogen) atoms. The molecular formula is C18H14F3NO3. The molecule has 2 aromatic carbocycles. The zero-order valence-electron chi connectivity index (χ0n) is 12.9. The van der Waals surface area contributed by atoms with Crippen LogP contribution in [0.15, 0.2) is 60.7 Å². The van der Waals surface area contributed by atoms with Gasteiger partial charge in [0.05, 0.1) is 5.56 Å². The molecule has 1 amide bonds. The van der Waals surface area contributed by atoms with Gasteiger partial charge in [0.25, 0.3) is 5.91 Å². The number of benzene rings is 2. The number of alkyl halides is 3. The standard InChI is InChI=1S/C18H14F3NO3/c19-18(20,21)14-8-4-5-12(11-14)9-10-15(23)25-16(17(22)24)13-6-2-1-3-7-13/h1-11,16H,(H2,22,24)/b10-9+. The minimum Gasteiger partial charge on any atom is -0.444 e. The first kappa shape index (κ1) is 18.3. The molecule has 0 bridgehead atoms. The number of ether oxygens (including phenoxy) is 1. The number of hydrogen-bond donors (Lipinski definition) is 1. The normalized spacial score (nSPS) is 12.8. The van der Waals surface area contributed by atoms with Crippen molar-refractivity contribution in [1.29, 1.82) is 0 Å². The zero-order chi connectivity index (χ0) is 18.4. The van der Waals surface area contributed by atoms with E-state index < -0.39 is 29.7 Å². The highest BCUT2D eigenvalue weighted by Gasteiger charge is 2.30. The first-order chi connectivity index (χ1) is 11.8. The topological polar surface area (TPSA) is 69.4 Å². The lowest BCUT2D eigenvalue weighted by Gasteiger charge is -2.13. The molecule has 0 aliphatic rings. The van der Waals surface area contributed by atoms with Gasteiger partial charge in [0.1, 0.15) is 0 Å². The predicted molar refractivity (Wildman–Crippen MR) is 84.9 cm³/mol. The lowest BCUT2D eigenvalue weighted by Crippen LogP contribution is -2.25. The molecule has 1 unspecified atom stereocenters. The summed E-state index contributed by atoms with van der Waals surface area (Å²) >= 11 is 0. The Kier molecular flexibility index (Phi) is 5.59. The Morgan fingerprint density at radius 3 is 2.32 bits per heavy atom. The van der Waals surface area contributed by atoms with Crippen LogP contribution in [0, 0.1) is 0 Å². The molecule has 0 saturated heterocycles. The Morgan fingerprint density at radius 1 is 1.04 bits per heavy atom. The minimum absolute atomic E-state index is 0.169. The van der Waals surface area contributed by atoms with Crippen molar-refractivity contribution in [3.8, 4) is 0 Å². The van der Waals surface area contributed by atoms with Crippen molar-refractivity contribution in [3.63, 3.8) is 0 Å². The number of esters is 1. The molecule has 0 aliphatic carbocycles. The van der Waals surface area contributed by atoms with E-state index in [9.17, 15) is 22.8 Å². The number of hydrogen-bond acceptors (Lipinski definition) is 3. The number of carbonyl (C=O) groups is 2. The van der Waals surface area contributed by atoms with Gasteiger partial charge in [-0.25, -0.2) is 4.79 Å². The van der Waals surface area contributed by atoms with Crippen LogP contribution in [0.2, 0.25) is 0 Å². The molecule has 0 aliphatic heterocycles. The van der Waals surface area contributed by atoms with Gasteiger partial charge in [0.15, 0.2) is 0 Å². The minimum atomic E-state index is -4.48. The Labute approximate surface area is 141 Å². The van der Waals surface area contributed by atoms with E-state index in [2.05, 4.69) is 0 Å². The van der Waals surface area contributed by atoms with E-state index in [1.54, 1.807) is 30.3 Å². The monoisotopic (exact) mass is 349 g/mol. The number of amides is 1. The van der Waals surface area contributed by atoms with Gasteiger partial charge < -0.3 is 10.5 Å². The average molecular weight is 349 g/mol. The fraction of sp³-hybridized carbons (Fsp3) is 0.111. The molecule has 0 radical (unpaired) electrons. The molecule has 4 nitrogen and oxygen atoms in total. The van der Waals surface area contributed by atoms with Crippen LogP contribution in [0.3, 0.4) is 0 Å². The summed E-state index contributed by atoms with van der Waals surface area (Å²) in [6, 6.07) is 12.6. The van der Waals surface area contributed by atoms with Gasteiger partial charge in [-0.3, -0.25) is 4.79 Å². The lowest BCUT2D eigenvalue weighted by molar-refractivity contribution is -0.150. The molecular weight excluding hydrogens is 335 g/mol. The second-order valence-electron chi connectivity index (χ2n) is 5.09. The quantitative estimate of drug-likeness (QED) is 0.664. The molecule has 2 aromatic rings. The maximum Gasteiger partial charge on any atom is 0.416 e. The molecule has 130 valence electrons. The van der Waals surface area contributed by atoms with Crippen LogP contribution in [-0.4, -0.2) is 11.9 Å². The summed E-state index contributed by atoms with van der Waals surface area (Å²) in [5.74, 6) is -1.75. The maximum atomic E-state index is 12.6. The second kappa shape index (κ2) is 7.65. The van der Waals surface area contributed by atoms with E-state index in [1.165, 1.54) is 18.2 Å². The van der Waals surface area contributed by atoms with Crippen LogP contribution < -0.4 is 5.73 Å². The first-order valence-electron chi connectivity index (χ1n) is 7.17. The van der Waals surface area contributed by atoms with Crippen LogP contribution in [-0.2, 0) is 20.5 Å². The SMILES string of the molecule is NC(=O)C(OC(=O)/C=C/c1cccc(C(F)(F)F)c1)c1ccccc1. The fourth-order valence-corrected chi connectivity index (χ4v) is 2.06. The number of nitrogens with two attached hydrogens (primary N) is 1. The zero-order valence-corrected chi connectivity index (χ0v) is 12.9. The molecule has 0 spiro atoms. The molecule has 0 saturated carbocycles. The van der Waals surface area contributed by atoms with E-state index >= 15 is 0 Å². The second-order valence-corrected chi connectivity index (χ2v) is 5.09. The molecule has 1 atom stereocenters. The summed E-state index contributed by atoms with van der Waals surface area (Å²) in [7, 11) is 0. The number of rotatable bonds is 5. The Balaban J connectivity index is 2.11. The van der Waals surface area contributed by atoms with Crippen molar-refractivity contribution in [2.75, 3.05) is 0 Å². The largest absolute Gasteiger partial charge is 0.444 e. The summed E-state index contributed by atoms with van der Waals surface area (Å²) in [5.41, 5.74) is 4.96. The summed E-state index contributed by atoms with van der Waals surface area (Å²) in [4.78, 5) is 23.3. The third-order valence-electron chi connectivity index (χ3n) is 3.22. The van der Waals surface area contributed by atoms with Crippen LogP contribution in [0.5, 0.6) is 0 Å². The average Bonchev–Trinajstić information content (AvgIpc) is 2.58. The van der Waals surface area contributed by atoms with Crippen molar-refractivity contribution in [3.05, 3.63) is 77.4 Å². The van der Waals surface area contributed by atoms with Crippen LogP contribution in [0.25, 0.3) is 6.08 Å². The highest BCUT2D eigenvalue weighted by Crippen LogP contribution is 2.29. The highest BCUT2D eigenvalue weighted by molar-refractivity contribution is 5.90. The van der Waals surface area contributed by atoms with E-state index in [0.29, 0.717) is 5.56 Å². The van der Waals surface area contributed by atoms with Gasteiger partial charge in [-0.15, -0.1) is 0 Å². The molecule has 0 aromatic heterocycles. The third-order valence-corrected chi connectivity index (χ3v) is 3.22. The van der Waals surface area contributed by atoms with E-state index in [0.717, 1.165) is 18.2 Å². The van der Waals surface area contributed by atoms with Gasteiger partial charge >= 0.3 is 12.1 Å². The first-order valence-corrected chi connectivity index (χ1v) is 7.17. The van der Waals surface area contributed by atoms with E-state index in [-0.39, 0.29) is 5.56 Å². The van der Waals surface area contributed by atoms with Gasteiger partial charge in [-0.2, -0.15) is 13.2 Å². The van der Waals surface area contributed by atoms with Gasteiger partial charge in [0.2, 0.25) is 6.10 Å². The molecule has 0 fully saturated rings. The van der Waals surface area contributed by atoms with Crippen LogP contribution in [0.4, 0.5) is 13.2 Å². The Morgan fingerprint density at radius 2 is 1.72 bits per heavy atom. The predicted octanol–water partition coefficient (Wildman–Crippen LogP) is 3.49. The van der Waals surface area contributed by atoms with Crippen molar-refractivity contribution >= 4 is 18.0 Å². The smallest absolute Gasteiger partial charge is 0.416 e. The third kappa shape index (κ3) is 5.20. The fourth-order valence-electron chi connectivity index (χ4n) is 2.06. The molecule has 2 N–H and O–H groups in total. The number of carbonyl (C=O) groups excluding carboxylic acids is 2. The van der Waals surface area contributed by atoms with Crippen molar-refractivity contribution in [1.82, 2.24) is 0 Å². The maximum absolute atomic E-state index is 12.6. The molecule has 7 heteroatoms. The summed E-state index contributed by atoms with van der Waals surface area (Å²) in [6.45, 7) is 0. The van der Waals surface area contributed by atoms with Crippen LogP contribution >= 0.6 is 0 Å². The summed E-state index contributed by atoms with van der Waals surface area (Å²) in [6.07, 6.45) is -3.65. The van der Waals surface area contributed by atoms with Crippen molar-refractivity contribution in [2.45, 2.75) is 12.3 Å². The van der Waals surface area contributed by atoms with Crippen molar-refractivity contribution < 1.29 is 27.5 Å². The molecule has 2 rings (SSSR count). The lowest BCUT2D eigenvalue weighted by atomic mass is 10.1. The number of primary amides is 1. The van der Waals surface area contributed by atoms with E-state index in [1.807, 2.05) is 0 Å². The van der Waals surface area contributed by atoms with Crippen LogP contribution in [0.1, 0.15) is 22.8 Å². The van der Waals surface area contributed by atoms with Gasteiger partial charge in [0, 0.05) is 11.6 Å². The van der Waals surface area contributed by atoms with Gasteiger partial charge in [-0.05, 0) is 23.8 Å². The van der Waals surface area contributed by atoms with Crippen molar-refractivity contribution in [2.24, 2.45) is 5.73 Å². The summed E-state index contributed by atoms with van der Waals surface area (Å²) < 4.78 is 42.9. The highest BCUT2D eigenvalue weighted by atomic mass is 19.4. The number of halogens is 3.